The van der Waals surface area contributed by atoms with Crippen LogP contribution in [0.2, 0.25) is 5.02 Å². The SMILES string of the molecule is Clc1cnc(Nc2ccc3cc(Br)ccc3c2)c(Br)c1. The van der Waals surface area contributed by atoms with Gasteiger partial charge in [0.2, 0.25) is 0 Å². The highest BCUT2D eigenvalue weighted by Crippen LogP contribution is 2.28. The first-order valence-electron chi connectivity index (χ1n) is 5.89. The number of nitrogens with one attached hydrogen (secondary N) is 1. The number of hydrogen-bond donors (Lipinski definition) is 1. The molecule has 0 unspecified atom stereocenters. The number of anilines is 2. The maximum Gasteiger partial charge on any atom is 0.144 e. The Labute approximate surface area is 138 Å². The molecule has 100 valence electrons. The van der Waals surface area contributed by atoms with Crippen molar-refractivity contribution in [3.05, 3.63) is 62.6 Å². The maximum atomic E-state index is 5.89. The van der Waals surface area contributed by atoms with Crippen molar-refractivity contribution in [2.45, 2.75) is 0 Å². The summed E-state index contributed by atoms with van der Waals surface area (Å²) in [5.74, 6) is 0.742. The van der Waals surface area contributed by atoms with Gasteiger partial charge in [-0.15, -0.1) is 0 Å². The topological polar surface area (TPSA) is 24.9 Å². The molecule has 0 amide bonds. The number of hydrogen-bond acceptors (Lipinski definition) is 2. The van der Waals surface area contributed by atoms with Gasteiger partial charge in [-0.1, -0.05) is 39.7 Å². The molecule has 0 aliphatic carbocycles. The van der Waals surface area contributed by atoms with Crippen LogP contribution in [0.15, 0.2) is 57.6 Å². The Morgan fingerprint density at radius 2 is 1.70 bits per heavy atom. The van der Waals surface area contributed by atoms with Gasteiger partial charge in [0, 0.05) is 16.4 Å². The Morgan fingerprint density at radius 1 is 0.950 bits per heavy atom. The molecule has 0 bridgehead atoms. The van der Waals surface area contributed by atoms with Gasteiger partial charge in [-0.2, -0.15) is 0 Å². The van der Waals surface area contributed by atoms with Crippen LogP contribution in [0.3, 0.4) is 0 Å². The first kappa shape index (κ1) is 13.9. The van der Waals surface area contributed by atoms with E-state index in [4.69, 9.17) is 11.6 Å². The molecule has 0 aliphatic rings. The van der Waals surface area contributed by atoms with E-state index >= 15 is 0 Å². The fraction of sp³-hybridized carbons (Fsp3) is 0. The minimum absolute atomic E-state index is 0.603. The van der Waals surface area contributed by atoms with E-state index in [1.165, 1.54) is 10.8 Å². The summed E-state index contributed by atoms with van der Waals surface area (Å²) in [6.45, 7) is 0. The molecule has 1 aromatic heterocycles. The van der Waals surface area contributed by atoms with Crippen LogP contribution in [-0.2, 0) is 0 Å². The van der Waals surface area contributed by atoms with Crippen molar-refractivity contribution in [3.63, 3.8) is 0 Å². The standard InChI is InChI=1S/C15H9Br2ClN2/c16-11-3-1-10-6-13(4-2-9(10)5-11)20-15-14(17)7-12(18)8-19-15/h1-8H,(H,19,20). The first-order valence-corrected chi connectivity index (χ1v) is 7.85. The van der Waals surface area contributed by atoms with Crippen LogP contribution in [0.25, 0.3) is 10.8 Å². The third-order valence-corrected chi connectivity index (χ3v) is 4.18. The van der Waals surface area contributed by atoms with Crippen LogP contribution in [0.1, 0.15) is 0 Å². The highest BCUT2D eigenvalue weighted by molar-refractivity contribution is 9.10. The molecule has 2 nitrogen and oxygen atoms in total. The number of benzene rings is 2. The van der Waals surface area contributed by atoms with E-state index in [2.05, 4.69) is 66.4 Å². The lowest BCUT2D eigenvalue weighted by molar-refractivity contribution is 1.29. The summed E-state index contributed by atoms with van der Waals surface area (Å²) in [6.07, 6.45) is 1.62. The Hall–Kier alpha value is -1.10. The minimum Gasteiger partial charge on any atom is -0.339 e. The van der Waals surface area contributed by atoms with Gasteiger partial charge in [0.05, 0.1) is 9.50 Å². The lowest BCUT2D eigenvalue weighted by Crippen LogP contribution is -1.94. The number of rotatable bonds is 2. The van der Waals surface area contributed by atoms with Gasteiger partial charge in [0.15, 0.2) is 0 Å². The highest BCUT2D eigenvalue weighted by Gasteiger charge is 2.04. The normalized spacial score (nSPS) is 10.8. The number of pyridine rings is 1. The van der Waals surface area contributed by atoms with Gasteiger partial charge in [-0.05, 0) is 57.0 Å². The quantitative estimate of drug-likeness (QED) is 0.545. The maximum absolute atomic E-state index is 5.89. The number of aromatic nitrogens is 1. The van der Waals surface area contributed by atoms with Crippen molar-refractivity contribution in [3.8, 4) is 0 Å². The van der Waals surface area contributed by atoms with Gasteiger partial charge >= 0.3 is 0 Å². The first-order chi connectivity index (χ1) is 9.61. The zero-order valence-corrected chi connectivity index (χ0v) is 14.1. The van der Waals surface area contributed by atoms with Crippen LogP contribution in [-0.4, -0.2) is 4.98 Å². The van der Waals surface area contributed by atoms with Crippen LogP contribution >= 0.6 is 43.5 Å². The van der Waals surface area contributed by atoms with Crippen molar-refractivity contribution in [2.24, 2.45) is 0 Å². The van der Waals surface area contributed by atoms with Gasteiger partial charge in [-0.3, -0.25) is 0 Å². The number of halogens is 3. The third kappa shape index (κ3) is 2.97. The van der Waals surface area contributed by atoms with E-state index in [0.29, 0.717) is 5.02 Å². The lowest BCUT2D eigenvalue weighted by Gasteiger charge is -2.09. The molecule has 2 aromatic carbocycles. The van der Waals surface area contributed by atoms with Gasteiger partial charge in [0.25, 0.3) is 0 Å². The van der Waals surface area contributed by atoms with Crippen LogP contribution < -0.4 is 5.32 Å². The van der Waals surface area contributed by atoms with Crippen LogP contribution in [0.4, 0.5) is 11.5 Å². The molecule has 1 N–H and O–H groups in total. The van der Waals surface area contributed by atoms with Crippen molar-refractivity contribution in [1.29, 1.82) is 0 Å². The van der Waals surface area contributed by atoms with Crippen molar-refractivity contribution < 1.29 is 0 Å². The fourth-order valence-electron chi connectivity index (χ4n) is 1.94. The molecule has 0 spiro atoms. The van der Waals surface area contributed by atoms with E-state index in [9.17, 15) is 0 Å². The Balaban J connectivity index is 1.96. The van der Waals surface area contributed by atoms with Gasteiger partial charge in [0.1, 0.15) is 5.82 Å². The monoisotopic (exact) mass is 410 g/mol. The summed E-state index contributed by atoms with van der Waals surface area (Å²) in [4.78, 5) is 4.27. The predicted octanol–water partition coefficient (Wildman–Crippen LogP) is 6.16. The van der Waals surface area contributed by atoms with Gasteiger partial charge < -0.3 is 5.32 Å². The summed E-state index contributed by atoms with van der Waals surface area (Å²) in [7, 11) is 0. The predicted molar refractivity (Wildman–Crippen MR) is 91.9 cm³/mol. The summed E-state index contributed by atoms with van der Waals surface area (Å²) < 4.78 is 1.91. The van der Waals surface area contributed by atoms with Crippen LogP contribution in [0, 0.1) is 0 Å². The largest absolute Gasteiger partial charge is 0.339 e. The van der Waals surface area contributed by atoms with E-state index in [1.54, 1.807) is 6.20 Å². The Kier molecular flexibility index (Phi) is 3.96. The molecule has 20 heavy (non-hydrogen) atoms. The lowest BCUT2D eigenvalue weighted by atomic mass is 10.1. The van der Waals surface area contributed by atoms with Crippen LogP contribution in [0.5, 0.6) is 0 Å². The second-order valence-electron chi connectivity index (χ2n) is 4.32. The summed E-state index contributed by atoms with van der Waals surface area (Å²) >= 11 is 12.8. The number of fused-ring (bicyclic) bond motifs is 1. The van der Waals surface area contributed by atoms with E-state index in [-0.39, 0.29) is 0 Å². The Morgan fingerprint density at radius 3 is 2.50 bits per heavy atom. The third-order valence-electron chi connectivity index (χ3n) is 2.87. The average molecular weight is 413 g/mol. The van der Waals surface area contributed by atoms with E-state index < -0.39 is 0 Å². The molecule has 0 aliphatic heterocycles. The molecular formula is C15H9Br2ClN2. The number of nitrogens with zero attached hydrogens (tertiary/aromatic N) is 1. The molecule has 0 saturated heterocycles. The highest BCUT2D eigenvalue weighted by atomic mass is 79.9. The van der Waals surface area contributed by atoms with Gasteiger partial charge in [-0.25, -0.2) is 4.98 Å². The minimum atomic E-state index is 0.603. The molecule has 0 radical (unpaired) electrons. The summed E-state index contributed by atoms with van der Waals surface area (Å²) in [5.41, 5.74) is 0.982. The summed E-state index contributed by atoms with van der Waals surface area (Å²) in [5, 5.41) is 6.24. The van der Waals surface area contributed by atoms with Crippen molar-refractivity contribution in [1.82, 2.24) is 4.98 Å². The average Bonchev–Trinajstić information content (AvgIpc) is 2.42. The smallest absolute Gasteiger partial charge is 0.144 e. The zero-order chi connectivity index (χ0) is 14.1. The molecule has 1 heterocycles. The second-order valence-corrected chi connectivity index (χ2v) is 6.52. The van der Waals surface area contributed by atoms with E-state index in [0.717, 1.165) is 20.5 Å². The molecule has 5 heteroatoms. The van der Waals surface area contributed by atoms with Crippen molar-refractivity contribution in [2.75, 3.05) is 5.32 Å². The van der Waals surface area contributed by atoms with Crippen molar-refractivity contribution >= 4 is 65.7 Å². The molecule has 0 saturated carbocycles. The van der Waals surface area contributed by atoms with E-state index in [1.807, 2.05) is 18.2 Å². The molecule has 0 atom stereocenters. The molecular weight excluding hydrogens is 403 g/mol. The summed E-state index contributed by atoms with van der Waals surface area (Å²) in [6, 6.07) is 14.2. The Bertz CT molecular complexity index is 790. The zero-order valence-electron chi connectivity index (χ0n) is 10.2. The molecule has 0 fully saturated rings. The molecule has 3 aromatic rings. The fourth-order valence-corrected chi connectivity index (χ4v) is 3.05. The molecule has 3 rings (SSSR count). The second kappa shape index (κ2) is 5.72.